The fraction of sp³-hybridized carbons (Fsp3) is 0.729. The second kappa shape index (κ2) is 63.9. The van der Waals surface area contributed by atoms with Crippen LogP contribution in [0.3, 0.4) is 0 Å². The minimum Gasteiger partial charge on any atom is -0.462 e. The van der Waals surface area contributed by atoms with Gasteiger partial charge in [-0.3, -0.25) is 14.4 Å². The quantitative estimate of drug-likeness (QED) is 0.0261. The van der Waals surface area contributed by atoms with Crippen LogP contribution in [0.2, 0.25) is 0 Å². The summed E-state index contributed by atoms with van der Waals surface area (Å²) in [6.07, 6.45) is 85.5. The van der Waals surface area contributed by atoms with E-state index in [0.717, 1.165) is 135 Å². The standard InChI is InChI=1S/C70H120O6/c1-4-7-10-13-16-19-22-25-28-30-32-33-34-35-36-37-39-40-42-45-48-51-54-57-60-63-69(72)75-66-67(65-74-68(71)62-59-56-53-50-47-44-27-24-21-18-15-12-9-6-3)76-70(73)64-61-58-55-52-49-46-43-41-38-31-29-26-23-20-17-14-11-8-5-2/h7,10,15-16,18-19,24-25,27-28,32-33,35-36,39-40,67H,4-6,8-9,11-14,17,20-23,26,29-31,34,37-38,41-66H2,1-3H3/b10-7-,18-15-,19-16-,27-24-,28-25-,33-32-,36-35-,40-39-. The van der Waals surface area contributed by atoms with Gasteiger partial charge in [0.25, 0.3) is 0 Å². The third-order valence-electron chi connectivity index (χ3n) is 13.8. The third-order valence-corrected chi connectivity index (χ3v) is 13.8. The van der Waals surface area contributed by atoms with E-state index < -0.39 is 6.10 Å². The minimum absolute atomic E-state index is 0.0876. The van der Waals surface area contributed by atoms with Gasteiger partial charge >= 0.3 is 17.9 Å². The summed E-state index contributed by atoms with van der Waals surface area (Å²) in [5.74, 6) is -0.903. The fourth-order valence-electron chi connectivity index (χ4n) is 8.99. The predicted octanol–water partition coefficient (Wildman–Crippen LogP) is 22.0. The van der Waals surface area contributed by atoms with E-state index in [1.807, 2.05) is 0 Å². The molecular formula is C70H120O6. The van der Waals surface area contributed by atoms with Gasteiger partial charge in [0.05, 0.1) is 0 Å². The Kier molecular flexibility index (Phi) is 60.8. The van der Waals surface area contributed by atoms with Crippen LogP contribution in [-0.4, -0.2) is 37.2 Å². The maximum absolute atomic E-state index is 12.9. The molecule has 76 heavy (non-hydrogen) atoms. The Hall–Kier alpha value is -3.67. The van der Waals surface area contributed by atoms with Crippen molar-refractivity contribution in [2.24, 2.45) is 0 Å². The van der Waals surface area contributed by atoms with E-state index >= 15 is 0 Å². The number of hydrogen-bond donors (Lipinski definition) is 0. The highest BCUT2D eigenvalue weighted by Gasteiger charge is 2.19. The molecule has 6 nitrogen and oxygen atoms in total. The van der Waals surface area contributed by atoms with Crippen LogP contribution in [0.25, 0.3) is 0 Å². The summed E-state index contributed by atoms with van der Waals surface area (Å²) in [6, 6.07) is 0. The molecule has 0 N–H and O–H groups in total. The van der Waals surface area contributed by atoms with Crippen LogP contribution >= 0.6 is 0 Å². The van der Waals surface area contributed by atoms with Gasteiger partial charge in [0.15, 0.2) is 6.10 Å². The van der Waals surface area contributed by atoms with Crippen LogP contribution in [0.5, 0.6) is 0 Å². The molecule has 0 saturated heterocycles. The smallest absolute Gasteiger partial charge is 0.306 e. The zero-order valence-electron chi connectivity index (χ0n) is 50.0. The molecule has 436 valence electrons. The van der Waals surface area contributed by atoms with E-state index in [1.165, 1.54) is 135 Å². The summed E-state index contributed by atoms with van der Waals surface area (Å²) in [4.78, 5) is 38.3. The zero-order valence-corrected chi connectivity index (χ0v) is 50.0. The molecule has 6 heteroatoms. The largest absolute Gasteiger partial charge is 0.462 e. The summed E-state index contributed by atoms with van der Waals surface area (Å²) in [5.41, 5.74) is 0. The summed E-state index contributed by atoms with van der Waals surface area (Å²) in [6.45, 7) is 6.49. The predicted molar refractivity (Wildman–Crippen MR) is 330 cm³/mol. The van der Waals surface area contributed by atoms with Crippen molar-refractivity contribution in [1.82, 2.24) is 0 Å². The monoisotopic (exact) mass is 1060 g/mol. The van der Waals surface area contributed by atoms with Crippen molar-refractivity contribution in [2.45, 2.75) is 316 Å². The van der Waals surface area contributed by atoms with Crippen molar-refractivity contribution in [1.29, 1.82) is 0 Å². The normalized spacial score (nSPS) is 12.7. The molecule has 0 aromatic heterocycles. The number of rotatable bonds is 58. The average Bonchev–Trinajstić information content (AvgIpc) is 3.42. The number of unbranched alkanes of at least 4 members (excludes halogenated alkanes) is 31. The van der Waals surface area contributed by atoms with Crippen LogP contribution < -0.4 is 0 Å². The Morgan fingerprint density at radius 1 is 0.276 bits per heavy atom. The van der Waals surface area contributed by atoms with Crippen LogP contribution in [0.15, 0.2) is 97.2 Å². The second-order valence-corrected chi connectivity index (χ2v) is 21.3. The average molecular weight is 1060 g/mol. The first-order valence-corrected chi connectivity index (χ1v) is 32.2. The number of esters is 3. The van der Waals surface area contributed by atoms with Gasteiger partial charge in [0, 0.05) is 19.3 Å². The van der Waals surface area contributed by atoms with E-state index in [0.29, 0.717) is 19.3 Å². The Morgan fingerprint density at radius 3 is 0.842 bits per heavy atom. The van der Waals surface area contributed by atoms with Gasteiger partial charge in [-0.1, -0.05) is 291 Å². The molecule has 0 saturated carbocycles. The Labute approximate surface area is 470 Å². The van der Waals surface area contributed by atoms with Gasteiger partial charge in [-0.05, 0) is 96.3 Å². The van der Waals surface area contributed by atoms with Gasteiger partial charge in [-0.15, -0.1) is 0 Å². The molecule has 0 aromatic carbocycles. The summed E-state index contributed by atoms with van der Waals surface area (Å²) >= 11 is 0. The summed E-state index contributed by atoms with van der Waals surface area (Å²) in [5, 5.41) is 0. The lowest BCUT2D eigenvalue weighted by molar-refractivity contribution is -0.167. The summed E-state index contributed by atoms with van der Waals surface area (Å²) in [7, 11) is 0. The van der Waals surface area contributed by atoms with E-state index in [-0.39, 0.29) is 31.1 Å². The second-order valence-electron chi connectivity index (χ2n) is 21.3. The van der Waals surface area contributed by atoms with Crippen molar-refractivity contribution < 1.29 is 28.6 Å². The van der Waals surface area contributed by atoms with Crippen LogP contribution in [-0.2, 0) is 28.6 Å². The maximum atomic E-state index is 12.9. The number of hydrogen-bond acceptors (Lipinski definition) is 6. The molecule has 0 aliphatic rings. The molecule has 0 heterocycles. The molecule has 0 radical (unpaired) electrons. The maximum Gasteiger partial charge on any atom is 0.306 e. The van der Waals surface area contributed by atoms with Crippen LogP contribution in [0.1, 0.15) is 310 Å². The Balaban J connectivity index is 4.38. The Morgan fingerprint density at radius 2 is 0.526 bits per heavy atom. The molecule has 1 atom stereocenters. The van der Waals surface area contributed by atoms with Gasteiger partial charge < -0.3 is 14.2 Å². The van der Waals surface area contributed by atoms with Gasteiger partial charge in [0.1, 0.15) is 13.2 Å². The molecule has 0 rings (SSSR count). The lowest BCUT2D eigenvalue weighted by atomic mass is 10.0. The topological polar surface area (TPSA) is 78.9 Å². The van der Waals surface area contributed by atoms with Gasteiger partial charge in [0.2, 0.25) is 0 Å². The van der Waals surface area contributed by atoms with Crippen molar-refractivity contribution in [3.63, 3.8) is 0 Å². The van der Waals surface area contributed by atoms with Crippen LogP contribution in [0.4, 0.5) is 0 Å². The molecule has 0 bridgehead atoms. The van der Waals surface area contributed by atoms with Crippen molar-refractivity contribution >= 4 is 17.9 Å². The van der Waals surface area contributed by atoms with E-state index in [4.69, 9.17) is 14.2 Å². The first-order chi connectivity index (χ1) is 37.5. The van der Waals surface area contributed by atoms with Crippen molar-refractivity contribution in [3.05, 3.63) is 97.2 Å². The van der Waals surface area contributed by atoms with E-state index in [1.54, 1.807) is 0 Å². The number of carbonyl (C=O) groups is 3. The first kappa shape index (κ1) is 72.3. The third kappa shape index (κ3) is 61.2. The highest BCUT2D eigenvalue weighted by molar-refractivity contribution is 5.71. The van der Waals surface area contributed by atoms with E-state index in [2.05, 4.69) is 118 Å². The molecule has 1 unspecified atom stereocenters. The lowest BCUT2D eigenvalue weighted by Gasteiger charge is -2.18. The van der Waals surface area contributed by atoms with E-state index in [9.17, 15) is 14.4 Å². The SMILES string of the molecule is CC/C=C\C/C=C\C/C=C\C/C=C\C/C=C\C/C=C\CCCCCCCCC(=O)OCC(COC(=O)CCCCCCC/C=C\C/C=C\CCCC)OC(=O)CCCCCCCCCCCCCCCCCCCCC. The lowest BCUT2D eigenvalue weighted by Crippen LogP contribution is -2.30. The first-order valence-electron chi connectivity index (χ1n) is 32.2. The fourth-order valence-corrected chi connectivity index (χ4v) is 8.99. The molecule has 0 aliphatic carbocycles. The molecule has 0 spiro atoms. The van der Waals surface area contributed by atoms with Crippen molar-refractivity contribution in [2.75, 3.05) is 13.2 Å². The van der Waals surface area contributed by atoms with Crippen LogP contribution in [0, 0.1) is 0 Å². The molecule has 0 fully saturated rings. The molecular weight excluding hydrogens is 937 g/mol. The van der Waals surface area contributed by atoms with Crippen molar-refractivity contribution in [3.8, 4) is 0 Å². The van der Waals surface area contributed by atoms with Gasteiger partial charge in [-0.25, -0.2) is 0 Å². The summed E-state index contributed by atoms with van der Waals surface area (Å²) < 4.78 is 16.9. The minimum atomic E-state index is -0.790. The molecule has 0 amide bonds. The highest BCUT2D eigenvalue weighted by atomic mass is 16.6. The number of carbonyl (C=O) groups excluding carboxylic acids is 3. The van der Waals surface area contributed by atoms with Gasteiger partial charge in [-0.2, -0.15) is 0 Å². The highest BCUT2D eigenvalue weighted by Crippen LogP contribution is 2.17. The number of allylic oxidation sites excluding steroid dienone is 16. The Bertz CT molecular complexity index is 1490. The number of ether oxygens (including phenoxy) is 3. The zero-order chi connectivity index (χ0) is 55.0. The molecule has 0 aromatic rings. The molecule has 0 aliphatic heterocycles.